The molecule has 0 saturated heterocycles. The molecule has 0 bridgehead atoms. The molecule has 0 fully saturated rings. The van der Waals surface area contributed by atoms with Crippen LogP contribution >= 0.6 is 11.8 Å². The molecule has 3 nitrogen and oxygen atoms in total. The molecule has 116 valence electrons. The molecule has 0 aliphatic rings. The molecular formula is C17H19NO2S2. The van der Waals surface area contributed by atoms with Crippen molar-refractivity contribution < 1.29 is 8.42 Å². The summed E-state index contributed by atoms with van der Waals surface area (Å²) in [6, 6.07) is 18.4. The Balaban J connectivity index is 2.27. The lowest BCUT2D eigenvalue weighted by molar-refractivity contribution is 0.557. The van der Waals surface area contributed by atoms with Gasteiger partial charge in [-0.1, -0.05) is 36.4 Å². The molecule has 22 heavy (non-hydrogen) atoms. The number of hydrogen-bond donors (Lipinski definition) is 0. The maximum absolute atomic E-state index is 12.8. The second-order valence-corrected chi connectivity index (χ2v) is 8.03. The molecular weight excluding hydrogens is 314 g/mol. The van der Waals surface area contributed by atoms with Gasteiger partial charge in [0, 0.05) is 30.9 Å². The van der Waals surface area contributed by atoms with Gasteiger partial charge in [0.25, 0.3) is 0 Å². The summed E-state index contributed by atoms with van der Waals surface area (Å²) in [6.45, 7) is 0. The summed E-state index contributed by atoms with van der Waals surface area (Å²) < 4.78 is 25.6. The fraction of sp³-hybridized carbons (Fsp3) is 0.176. The zero-order chi connectivity index (χ0) is 16.0. The molecule has 0 saturated carbocycles. The van der Waals surface area contributed by atoms with E-state index in [1.54, 1.807) is 35.4 Å². The number of benzene rings is 2. The van der Waals surface area contributed by atoms with E-state index in [2.05, 4.69) is 0 Å². The molecule has 0 spiro atoms. The van der Waals surface area contributed by atoms with E-state index >= 15 is 0 Å². The monoisotopic (exact) mass is 333 g/mol. The van der Waals surface area contributed by atoms with Crippen molar-refractivity contribution in [2.75, 3.05) is 19.8 Å². The first-order valence-corrected chi connectivity index (χ1v) is 9.32. The van der Waals surface area contributed by atoms with Gasteiger partial charge in [-0.15, -0.1) is 11.8 Å². The molecule has 2 aromatic rings. The minimum atomic E-state index is -3.47. The van der Waals surface area contributed by atoms with E-state index in [1.165, 1.54) is 11.8 Å². The average Bonchev–Trinajstić information content (AvgIpc) is 2.53. The van der Waals surface area contributed by atoms with E-state index in [0.717, 1.165) is 4.90 Å². The molecule has 0 radical (unpaired) electrons. The van der Waals surface area contributed by atoms with Crippen LogP contribution in [0.4, 0.5) is 0 Å². The minimum Gasteiger partial charge on any atom is -0.383 e. The van der Waals surface area contributed by atoms with Gasteiger partial charge >= 0.3 is 0 Å². The summed E-state index contributed by atoms with van der Waals surface area (Å²) in [5.74, 6) is 0.402. The third kappa shape index (κ3) is 4.39. The van der Waals surface area contributed by atoms with Gasteiger partial charge < -0.3 is 4.90 Å². The average molecular weight is 333 g/mol. The third-order valence-electron chi connectivity index (χ3n) is 2.93. The maximum Gasteiger partial charge on any atom is 0.205 e. The SMILES string of the molecule is CN(C)/C=C(/CSc1ccccc1)S(=O)(=O)c1ccccc1. The van der Waals surface area contributed by atoms with Crippen LogP contribution < -0.4 is 0 Å². The van der Waals surface area contributed by atoms with E-state index in [1.807, 2.05) is 50.5 Å². The van der Waals surface area contributed by atoms with E-state index in [9.17, 15) is 8.42 Å². The first kappa shape index (κ1) is 16.6. The van der Waals surface area contributed by atoms with Crippen molar-refractivity contribution in [2.45, 2.75) is 9.79 Å². The van der Waals surface area contributed by atoms with Crippen molar-refractivity contribution in [3.05, 3.63) is 71.8 Å². The molecule has 0 amide bonds. The summed E-state index contributed by atoms with van der Waals surface area (Å²) in [6.07, 6.45) is 1.68. The van der Waals surface area contributed by atoms with Crippen LogP contribution in [0.5, 0.6) is 0 Å². The predicted molar refractivity (Wildman–Crippen MR) is 92.6 cm³/mol. The van der Waals surface area contributed by atoms with Crippen LogP contribution in [0.15, 0.2) is 81.6 Å². The molecule has 2 aromatic carbocycles. The predicted octanol–water partition coefficient (Wildman–Crippen LogP) is 3.66. The Hall–Kier alpha value is -1.72. The largest absolute Gasteiger partial charge is 0.383 e. The molecule has 0 N–H and O–H groups in total. The van der Waals surface area contributed by atoms with Crippen molar-refractivity contribution in [3.63, 3.8) is 0 Å². The highest BCUT2D eigenvalue weighted by molar-refractivity contribution is 8.02. The molecule has 5 heteroatoms. The highest BCUT2D eigenvalue weighted by atomic mass is 32.2. The molecule has 0 atom stereocenters. The number of nitrogens with zero attached hydrogens (tertiary/aromatic N) is 1. The van der Waals surface area contributed by atoms with E-state index in [4.69, 9.17) is 0 Å². The first-order chi connectivity index (χ1) is 10.5. The highest BCUT2D eigenvalue weighted by Crippen LogP contribution is 2.26. The summed E-state index contributed by atoms with van der Waals surface area (Å²) in [5, 5.41) is 0. The van der Waals surface area contributed by atoms with Gasteiger partial charge in [0.15, 0.2) is 0 Å². The van der Waals surface area contributed by atoms with E-state index in [-0.39, 0.29) is 0 Å². The van der Waals surface area contributed by atoms with Crippen molar-refractivity contribution >= 4 is 21.6 Å². The Labute approximate surface area is 136 Å². The summed E-state index contributed by atoms with van der Waals surface area (Å²) in [5.41, 5.74) is 0. The standard InChI is InChI=1S/C17H19NO2S2/c1-18(2)13-17(14-21-15-9-5-3-6-10-15)22(19,20)16-11-7-4-8-12-16/h3-13H,14H2,1-2H3/b17-13-. The van der Waals surface area contributed by atoms with Gasteiger partial charge in [0.2, 0.25) is 9.84 Å². The van der Waals surface area contributed by atoms with Crippen LogP contribution in [0.25, 0.3) is 0 Å². The van der Waals surface area contributed by atoms with Gasteiger partial charge in [-0.05, 0) is 24.3 Å². The quantitative estimate of drug-likeness (QED) is 0.756. The van der Waals surface area contributed by atoms with Crippen LogP contribution in [-0.4, -0.2) is 33.2 Å². The fourth-order valence-corrected chi connectivity index (χ4v) is 4.59. The summed E-state index contributed by atoms with van der Waals surface area (Å²) in [4.78, 5) is 3.55. The molecule has 0 aliphatic carbocycles. The normalized spacial score (nSPS) is 12.2. The Morgan fingerprint density at radius 2 is 1.55 bits per heavy atom. The lowest BCUT2D eigenvalue weighted by atomic mass is 10.4. The smallest absolute Gasteiger partial charge is 0.205 e. The molecule has 0 aliphatic heterocycles. The van der Waals surface area contributed by atoms with Crippen molar-refractivity contribution in [1.29, 1.82) is 0 Å². The van der Waals surface area contributed by atoms with Gasteiger partial charge in [0.1, 0.15) is 0 Å². The van der Waals surface area contributed by atoms with Crippen molar-refractivity contribution in [2.24, 2.45) is 0 Å². The van der Waals surface area contributed by atoms with Crippen molar-refractivity contribution in [1.82, 2.24) is 4.90 Å². The van der Waals surface area contributed by atoms with E-state index in [0.29, 0.717) is 15.6 Å². The Morgan fingerprint density at radius 1 is 1.00 bits per heavy atom. The van der Waals surface area contributed by atoms with Crippen LogP contribution in [0.1, 0.15) is 0 Å². The summed E-state index contributed by atoms with van der Waals surface area (Å²) in [7, 11) is 0.186. The topological polar surface area (TPSA) is 37.4 Å². The number of hydrogen-bond acceptors (Lipinski definition) is 4. The number of thioether (sulfide) groups is 1. The second-order valence-electron chi connectivity index (χ2n) is 4.98. The zero-order valence-electron chi connectivity index (χ0n) is 12.6. The Bertz CT molecular complexity index is 724. The zero-order valence-corrected chi connectivity index (χ0v) is 14.3. The number of rotatable bonds is 6. The molecule has 0 aromatic heterocycles. The molecule has 2 rings (SSSR count). The molecule has 0 unspecified atom stereocenters. The van der Waals surface area contributed by atoms with Crippen LogP contribution in [0, 0.1) is 0 Å². The van der Waals surface area contributed by atoms with Gasteiger partial charge in [-0.3, -0.25) is 0 Å². The lowest BCUT2D eigenvalue weighted by Gasteiger charge is -2.13. The van der Waals surface area contributed by atoms with Gasteiger partial charge in [0.05, 0.1) is 9.80 Å². The maximum atomic E-state index is 12.8. The highest BCUT2D eigenvalue weighted by Gasteiger charge is 2.21. The Morgan fingerprint density at radius 3 is 2.09 bits per heavy atom. The second kappa shape index (κ2) is 7.51. The number of sulfone groups is 1. The van der Waals surface area contributed by atoms with Crippen molar-refractivity contribution in [3.8, 4) is 0 Å². The van der Waals surface area contributed by atoms with Crippen LogP contribution in [0.3, 0.4) is 0 Å². The van der Waals surface area contributed by atoms with Gasteiger partial charge in [-0.2, -0.15) is 0 Å². The van der Waals surface area contributed by atoms with E-state index < -0.39 is 9.84 Å². The lowest BCUT2D eigenvalue weighted by Crippen LogP contribution is -2.12. The Kier molecular flexibility index (Phi) is 5.69. The van der Waals surface area contributed by atoms with Crippen LogP contribution in [-0.2, 0) is 9.84 Å². The first-order valence-electron chi connectivity index (χ1n) is 6.85. The molecule has 0 heterocycles. The minimum absolute atomic E-state index is 0.330. The van der Waals surface area contributed by atoms with Crippen LogP contribution in [0.2, 0.25) is 0 Å². The fourth-order valence-electron chi connectivity index (χ4n) is 1.89. The third-order valence-corrected chi connectivity index (χ3v) is 6.00. The summed E-state index contributed by atoms with van der Waals surface area (Å²) >= 11 is 1.52. The van der Waals surface area contributed by atoms with Gasteiger partial charge in [-0.25, -0.2) is 8.42 Å².